The Balaban J connectivity index is 1.81. The molecule has 2 aromatic carbocycles. The molecule has 0 radical (unpaired) electrons. The van der Waals surface area contributed by atoms with E-state index < -0.39 is 0 Å². The van der Waals surface area contributed by atoms with Crippen LogP contribution in [0.2, 0.25) is 0 Å². The minimum Gasteiger partial charge on any atom is -0.346 e. The van der Waals surface area contributed by atoms with Gasteiger partial charge < -0.3 is 5.32 Å². The van der Waals surface area contributed by atoms with Gasteiger partial charge in [-0.05, 0) is 36.8 Å². The first-order valence-electron chi connectivity index (χ1n) is 7.09. The van der Waals surface area contributed by atoms with Crippen molar-refractivity contribution in [1.29, 1.82) is 0 Å². The minimum absolute atomic E-state index is 0.125. The predicted octanol–water partition coefficient (Wildman–Crippen LogP) is 3.99. The normalized spacial score (nSPS) is 12.0. The molecule has 1 aromatic heterocycles. The SMILES string of the molecule is CC(Nc1nncc(-c2cccc(F)c2)n1)c1ccc(F)cc1. The van der Waals surface area contributed by atoms with Crippen LogP contribution in [0.3, 0.4) is 0 Å². The molecule has 3 aromatic rings. The van der Waals surface area contributed by atoms with E-state index in [-0.39, 0.29) is 17.7 Å². The van der Waals surface area contributed by atoms with Crippen LogP contribution >= 0.6 is 0 Å². The molecular formula is C17H14F2N4. The lowest BCUT2D eigenvalue weighted by Gasteiger charge is -2.14. The molecule has 0 aliphatic heterocycles. The van der Waals surface area contributed by atoms with E-state index in [0.717, 1.165) is 5.56 Å². The van der Waals surface area contributed by atoms with Crippen LogP contribution in [0.1, 0.15) is 18.5 Å². The van der Waals surface area contributed by atoms with E-state index in [9.17, 15) is 8.78 Å². The molecule has 1 N–H and O–H groups in total. The van der Waals surface area contributed by atoms with E-state index >= 15 is 0 Å². The molecule has 0 fully saturated rings. The zero-order valence-corrected chi connectivity index (χ0v) is 12.4. The molecular weight excluding hydrogens is 298 g/mol. The van der Waals surface area contributed by atoms with Crippen LogP contribution in [0.4, 0.5) is 14.7 Å². The van der Waals surface area contributed by atoms with Crippen LogP contribution in [0, 0.1) is 11.6 Å². The summed E-state index contributed by atoms with van der Waals surface area (Å²) >= 11 is 0. The Labute approximate surface area is 132 Å². The van der Waals surface area contributed by atoms with Crippen molar-refractivity contribution in [2.24, 2.45) is 0 Å². The van der Waals surface area contributed by atoms with Crippen molar-refractivity contribution in [2.45, 2.75) is 13.0 Å². The number of rotatable bonds is 4. The number of nitrogens with one attached hydrogen (secondary N) is 1. The second-order valence-corrected chi connectivity index (χ2v) is 5.09. The van der Waals surface area contributed by atoms with E-state index in [0.29, 0.717) is 17.2 Å². The molecule has 1 unspecified atom stereocenters. The fourth-order valence-corrected chi connectivity index (χ4v) is 2.18. The molecule has 0 bridgehead atoms. The second-order valence-electron chi connectivity index (χ2n) is 5.09. The highest BCUT2D eigenvalue weighted by molar-refractivity contribution is 5.59. The number of hydrogen-bond acceptors (Lipinski definition) is 4. The van der Waals surface area contributed by atoms with Crippen LogP contribution in [0.25, 0.3) is 11.3 Å². The van der Waals surface area contributed by atoms with Gasteiger partial charge in [-0.1, -0.05) is 24.3 Å². The summed E-state index contributed by atoms with van der Waals surface area (Å²) in [6.07, 6.45) is 1.47. The fourth-order valence-electron chi connectivity index (χ4n) is 2.18. The lowest BCUT2D eigenvalue weighted by molar-refractivity contribution is 0.626. The average Bonchev–Trinajstić information content (AvgIpc) is 2.56. The molecule has 4 nitrogen and oxygen atoms in total. The first kappa shape index (κ1) is 15.0. The summed E-state index contributed by atoms with van der Waals surface area (Å²) in [5.74, 6) is -0.300. The van der Waals surface area contributed by atoms with Crippen LogP contribution in [-0.2, 0) is 0 Å². The summed E-state index contributed by atoms with van der Waals surface area (Å²) in [7, 11) is 0. The van der Waals surface area contributed by atoms with E-state index in [4.69, 9.17) is 0 Å². The van der Waals surface area contributed by atoms with Crippen LogP contribution in [-0.4, -0.2) is 15.2 Å². The van der Waals surface area contributed by atoms with E-state index in [1.807, 2.05) is 6.92 Å². The maximum Gasteiger partial charge on any atom is 0.243 e. The summed E-state index contributed by atoms with van der Waals surface area (Å²) in [6.45, 7) is 1.91. The van der Waals surface area contributed by atoms with Crippen LogP contribution in [0.5, 0.6) is 0 Å². The van der Waals surface area contributed by atoms with Gasteiger partial charge in [0.25, 0.3) is 0 Å². The van der Waals surface area contributed by atoms with Crippen molar-refractivity contribution < 1.29 is 8.78 Å². The van der Waals surface area contributed by atoms with Gasteiger partial charge in [-0.25, -0.2) is 13.8 Å². The van der Waals surface area contributed by atoms with Crippen LogP contribution < -0.4 is 5.32 Å². The monoisotopic (exact) mass is 312 g/mol. The van der Waals surface area contributed by atoms with Crippen molar-refractivity contribution >= 4 is 5.95 Å². The lowest BCUT2D eigenvalue weighted by Crippen LogP contribution is -2.10. The predicted molar refractivity (Wildman–Crippen MR) is 83.7 cm³/mol. The van der Waals surface area contributed by atoms with Gasteiger partial charge in [0, 0.05) is 5.56 Å². The zero-order valence-electron chi connectivity index (χ0n) is 12.4. The number of nitrogens with zero attached hydrogens (tertiary/aromatic N) is 3. The molecule has 0 saturated carbocycles. The Kier molecular flexibility index (Phi) is 4.23. The van der Waals surface area contributed by atoms with Crippen molar-refractivity contribution in [3.05, 3.63) is 71.9 Å². The van der Waals surface area contributed by atoms with Gasteiger partial charge in [-0.15, -0.1) is 5.10 Å². The second kappa shape index (κ2) is 6.48. The summed E-state index contributed by atoms with van der Waals surface area (Å²) < 4.78 is 26.3. The van der Waals surface area contributed by atoms with Crippen molar-refractivity contribution in [3.63, 3.8) is 0 Å². The maximum absolute atomic E-state index is 13.3. The highest BCUT2D eigenvalue weighted by Gasteiger charge is 2.09. The van der Waals surface area contributed by atoms with Gasteiger partial charge in [0.05, 0.1) is 17.9 Å². The summed E-state index contributed by atoms with van der Waals surface area (Å²) in [5, 5.41) is 10.9. The highest BCUT2D eigenvalue weighted by Crippen LogP contribution is 2.20. The van der Waals surface area contributed by atoms with E-state index in [1.165, 1.54) is 30.5 Å². The van der Waals surface area contributed by atoms with E-state index in [2.05, 4.69) is 20.5 Å². The quantitative estimate of drug-likeness (QED) is 0.791. The summed E-state index contributed by atoms with van der Waals surface area (Å²) in [6, 6.07) is 12.2. The minimum atomic E-state index is -0.338. The third-order valence-corrected chi connectivity index (χ3v) is 3.39. The molecule has 1 atom stereocenters. The Morgan fingerprint density at radius 3 is 2.52 bits per heavy atom. The Bertz CT molecular complexity index is 806. The molecule has 6 heteroatoms. The Morgan fingerprint density at radius 2 is 1.78 bits per heavy atom. The average molecular weight is 312 g/mol. The molecule has 1 heterocycles. The van der Waals surface area contributed by atoms with Gasteiger partial charge >= 0.3 is 0 Å². The number of benzene rings is 2. The van der Waals surface area contributed by atoms with Crippen molar-refractivity contribution in [2.75, 3.05) is 5.32 Å². The number of aromatic nitrogens is 3. The number of hydrogen-bond donors (Lipinski definition) is 1. The fraction of sp³-hybridized carbons (Fsp3) is 0.118. The third kappa shape index (κ3) is 3.66. The van der Waals surface area contributed by atoms with Gasteiger partial charge in [-0.3, -0.25) is 0 Å². The first-order chi connectivity index (χ1) is 11.1. The lowest BCUT2D eigenvalue weighted by atomic mass is 10.1. The topological polar surface area (TPSA) is 50.7 Å². The Morgan fingerprint density at radius 1 is 1.00 bits per heavy atom. The molecule has 116 valence electrons. The third-order valence-electron chi connectivity index (χ3n) is 3.39. The summed E-state index contributed by atoms with van der Waals surface area (Å²) in [4.78, 5) is 4.34. The summed E-state index contributed by atoms with van der Waals surface area (Å²) in [5.41, 5.74) is 2.04. The number of halogens is 2. The van der Waals surface area contributed by atoms with Crippen LogP contribution in [0.15, 0.2) is 54.7 Å². The molecule has 3 rings (SSSR count). The molecule has 0 aliphatic rings. The van der Waals surface area contributed by atoms with Gasteiger partial charge in [0.1, 0.15) is 11.6 Å². The molecule has 0 saturated heterocycles. The van der Waals surface area contributed by atoms with Gasteiger partial charge in [0.15, 0.2) is 0 Å². The smallest absolute Gasteiger partial charge is 0.243 e. The molecule has 0 amide bonds. The Hall–Kier alpha value is -2.89. The zero-order chi connectivity index (χ0) is 16.2. The van der Waals surface area contributed by atoms with Gasteiger partial charge in [-0.2, -0.15) is 5.10 Å². The first-order valence-corrected chi connectivity index (χ1v) is 7.09. The van der Waals surface area contributed by atoms with E-state index in [1.54, 1.807) is 24.3 Å². The largest absolute Gasteiger partial charge is 0.346 e. The highest BCUT2D eigenvalue weighted by atomic mass is 19.1. The molecule has 0 aliphatic carbocycles. The van der Waals surface area contributed by atoms with Crippen molar-refractivity contribution in [3.8, 4) is 11.3 Å². The molecule has 0 spiro atoms. The van der Waals surface area contributed by atoms with Gasteiger partial charge in [0.2, 0.25) is 5.95 Å². The standard InChI is InChI=1S/C17H14F2N4/c1-11(12-5-7-14(18)8-6-12)21-17-22-16(10-20-23-17)13-3-2-4-15(19)9-13/h2-11H,1H3,(H,21,22,23). The number of anilines is 1. The van der Waals surface area contributed by atoms with Crippen molar-refractivity contribution in [1.82, 2.24) is 15.2 Å². The maximum atomic E-state index is 13.3. The molecule has 23 heavy (non-hydrogen) atoms.